The van der Waals surface area contributed by atoms with Gasteiger partial charge in [-0.15, -0.1) is 0 Å². The molecule has 0 radical (unpaired) electrons. The van der Waals surface area contributed by atoms with Crippen LogP contribution in [0.1, 0.15) is 12.5 Å². The molecule has 0 aromatic heterocycles. The first-order valence-electron chi connectivity index (χ1n) is 9.90. The Morgan fingerprint density at radius 1 is 0.690 bits per heavy atom. The molecule has 144 valence electrons. The molecule has 4 aromatic carbocycles. The van der Waals surface area contributed by atoms with Crippen LogP contribution in [0.2, 0.25) is 0 Å². The summed E-state index contributed by atoms with van der Waals surface area (Å²) in [6, 6.07) is 34.4. The highest BCUT2D eigenvalue weighted by Gasteiger charge is 2.16. The first kappa shape index (κ1) is 18.8. The fourth-order valence-corrected chi connectivity index (χ4v) is 3.64. The lowest BCUT2D eigenvalue weighted by molar-refractivity contribution is 0.222. The van der Waals surface area contributed by atoms with Crippen LogP contribution in [0.4, 0.5) is 0 Å². The number of benzene rings is 4. The number of hydrogen-bond acceptors (Lipinski definition) is 2. The highest BCUT2D eigenvalue weighted by Crippen LogP contribution is 2.39. The van der Waals surface area contributed by atoms with Crippen molar-refractivity contribution in [3.8, 4) is 33.8 Å². The second-order valence-corrected chi connectivity index (χ2v) is 7.17. The van der Waals surface area contributed by atoms with Crippen molar-refractivity contribution >= 4 is 0 Å². The van der Waals surface area contributed by atoms with Crippen molar-refractivity contribution in [2.75, 3.05) is 0 Å². The highest BCUT2D eigenvalue weighted by atomic mass is 16.5. The van der Waals surface area contributed by atoms with Crippen molar-refractivity contribution in [2.45, 2.75) is 19.4 Å². The average molecular weight is 380 g/mol. The maximum atomic E-state index is 10.1. The second-order valence-electron chi connectivity index (χ2n) is 7.17. The van der Waals surface area contributed by atoms with Crippen molar-refractivity contribution < 1.29 is 9.84 Å². The quantitative estimate of drug-likeness (QED) is 0.401. The molecule has 0 saturated carbocycles. The Bertz CT molecular complexity index is 1070. The lowest BCUT2D eigenvalue weighted by atomic mass is 9.93. The molecule has 29 heavy (non-hydrogen) atoms. The lowest BCUT2D eigenvalue weighted by Gasteiger charge is -2.20. The monoisotopic (exact) mass is 380 g/mol. The third-order valence-electron chi connectivity index (χ3n) is 5.00. The van der Waals surface area contributed by atoms with Gasteiger partial charge in [0.15, 0.2) is 0 Å². The van der Waals surface area contributed by atoms with E-state index in [1.54, 1.807) is 6.07 Å². The van der Waals surface area contributed by atoms with Crippen molar-refractivity contribution in [1.29, 1.82) is 0 Å². The van der Waals surface area contributed by atoms with Crippen LogP contribution in [0.15, 0.2) is 103 Å². The minimum absolute atomic E-state index is 0.0863. The maximum absolute atomic E-state index is 10.1. The van der Waals surface area contributed by atoms with Crippen LogP contribution >= 0.6 is 0 Å². The van der Waals surface area contributed by atoms with Gasteiger partial charge in [0, 0.05) is 12.0 Å². The second kappa shape index (κ2) is 8.66. The van der Waals surface area contributed by atoms with Gasteiger partial charge < -0.3 is 9.84 Å². The van der Waals surface area contributed by atoms with E-state index in [2.05, 4.69) is 42.5 Å². The van der Waals surface area contributed by atoms with E-state index in [4.69, 9.17) is 4.74 Å². The Hall–Kier alpha value is -3.52. The summed E-state index contributed by atoms with van der Waals surface area (Å²) in [4.78, 5) is 0. The first-order chi connectivity index (χ1) is 14.2. The summed E-state index contributed by atoms with van der Waals surface area (Å²) in [6.45, 7) is 2.04. The molecule has 4 aromatic rings. The minimum Gasteiger partial charge on any atom is -0.508 e. The van der Waals surface area contributed by atoms with Crippen LogP contribution in [0, 0.1) is 0 Å². The van der Waals surface area contributed by atoms with Gasteiger partial charge in [0.05, 0.1) is 0 Å². The molecule has 4 rings (SSSR count). The molecule has 0 bridgehead atoms. The smallest absolute Gasteiger partial charge is 0.128 e. The molecule has 0 spiro atoms. The van der Waals surface area contributed by atoms with Gasteiger partial charge in [-0.1, -0.05) is 91.0 Å². The molecule has 1 atom stereocenters. The van der Waals surface area contributed by atoms with Crippen molar-refractivity contribution in [1.82, 2.24) is 0 Å². The number of ether oxygens (including phenoxy) is 1. The number of aromatic hydroxyl groups is 1. The van der Waals surface area contributed by atoms with E-state index >= 15 is 0 Å². The highest BCUT2D eigenvalue weighted by molar-refractivity contribution is 5.87. The molecule has 0 aliphatic carbocycles. The fourth-order valence-electron chi connectivity index (χ4n) is 3.64. The molecule has 1 N–H and O–H groups in total. The van der Waals surface area contributed by atoms with Crippen LogP contribution in [-0.4, -0.2) is 11.2 Å². The normalized spacial score (nSPS) is 11.8. The minimum atomic E-state index is -0.0863. The number of para-hydroxylation sites is 1. The SMILES string of the molecule is CC(Cc1ccccc1O)Oc1cccc(-c2ccccc2)c1-c1ccccc1. The Labute approximate surface area is 172 Å². The van der Waals surface area contributed by atoms with Crippen LogP contribution < -0.4 is 4.74 Å². The maximum Gasteiger partial charge on any atom is 0.128 e. The van der Waals surface area contributed by atoms with E-state index in [0.29, 0.717) is 12.2 Å². The van der Waals surface area contributed by atoms with Gasteiger partial charge in [-0.2, -0.15) is 0 Å². The fraction of sp³-hybridized carbons (Fsp3) is 0.111. The predicted octanol–water partition coefficient (Wildman–Crippen LogP) is 6.74. The summed E-state index contributed by atoms with van der Waals surface area (Å²) >= 11 is 0. The molecular formula is C27H24O2. The zero-order chi connectivity index (χ0) is 20.1. The van der Waals surface area contributed by atoms with Gasteiger partial charge >= 0.3 is 0 Å². The summed E-state index contributed by atoms with van der Waals surface area (Å²) in [5.74, 6) is 1.16. The topological polar surface area (TPSA) is 29.5 Å². The van der Waals surface area contributed by atoms with Gasteiger partial charge in [0.25, 0.3) is 0 Å². The molecule has 0 amide bonds. The van der Waals surface area contributed by atoms with Crippen molar-refractivity contribution in [3.63, 3.8) is 0 Å². The molecule has 0 saturated heterocycles. The van der Waals surface area contributed by atoms with Crippen LogP contribution in [-0.2, 0) is 6.42 Å². The Balaban J connectivity index is 1.72. The molecule has 0 fully saturated rings. The summed E-state index contributed by atoms with van der Waals surface area (Å²) < 4.78 is 6.41. The van der Waals surface area contributed by atoms with E-state index in [1.165, 1.54) is 0 Å². The Kier molecular flexibility index (Phi) is 5.62. The summed E-state index contributed by atoms with van der Waals surface area (Å²) in [6.07, 6.45) is 0.549. The summed E-state index contributed by atoms with van der Waals surface area (Å²) in [5, 5.41) is 10.1. The van der Waals surface area contributed by atoms with Gasteiger partial charge in [0.1, 0.15) is 17.6 Å². The standard InChI is InChI=1S/C27H24O2/c1-20(19-23-15-8-9-17-25(23)28)29-26-18-10-16-24(21-11-4-2-5-12-21)27(26)22-13-6-3-7-14-22/h2-18,20,28H,19H2,1H3. The van der Waals surface area contributed by atoms with Crippen molar-refractivity contribution in [2.24, 2.45) is 0 Å². The largest absolute Gasteiger partial charge is 0.508 e. The van der Waals surface area contributed by atoms with Gasteiger partial charge in [0.2, 0.25) is 0 Å². The molecule has 0 aliphatic heterocycles. The van der Waals surface area contributed by atoms with Crippen LogP contribution in [0.3, 0.4) is 0 Å². The third kappa shape index (κ3) is 4.33. The predicted molar refractivity (Wildman–Crippen MR) is 119 cm³/mol. The zero-order valence-corrected chi connectivity index (χ0v) is 16.5. The molecule has 2 nitrogen and oxygen atoms in total. The number of rotatable bonds is 6. The summed E-state index contributed by atoms with van der Waals surface area (Å²) in [7, 11) is 0. The van der Waals surface area contributed by atoms with Crippen LogP contribution in [0.25, 0.3) is 22.3 Å². The van der Waals surface area contributed by atoms with E-state index in [9.17, 15) is 5.11 Å². The van der Waals surface area contributed by atoms with E-state index < -0.39 is 0 Å². The number of phenolic OH excluding ortho intramolecular Hbond substituents is 1. The summed E-state index contributed by atoms with van der Waals surface area (Å²) in [5.41, 5.74) is 5.40. The van der Waals surface area contributed by atoms with Crippen LogP contribution in [0.5, 0.6) is 11.5 Å². The van der Waals surface area contributed by atoms with Gasteiger partial charge in [-0.3, -0.25) is 0 Å². The van der Waals surface area contributed by atoms with E-state index in [-0.39, 0.29) is 6.10 Å². The Morgan fingerprint density at radius 3 is 2.00 bits per heavy atom. The lowest BCUT2D eigenvalue weighted by Crippen LogP contribution is -2.15. The van der Waals surface area contributed by atoms with E-state index in [1.807, 2.05) is 61.5 Å². The number of phenols is 1. The Morgan fingerprint density at radius 2 is 1.31 bits per heavy atom. The number of hydrogen-bond donors (Lipinski definition) is 1. The molecule has 0 heterocycles. The molecule has 1 unspecified atom stereocenters. The first-order valence-corrected chi connectivity index (χ1v) is 9.90. The van der Waals surface area contributed by atoms with Gasteiger partial charge in [-0.05, 0) is 41.3 Å². The zero-order valence-electron chi connectivity index (χ0n) is 16.5. The molecular weight excluding hydrogens is 356 g/mol. The van der Waals surface area contributed by atoms with Gasteiger partial charge in [-0.25, -0.2) is 0 Å². The average Bonchev–Trinajstić information content (AvgIpc) is 2.76. The molecule has 0 aliphatic rings. The third-order valence-corrected chi connectivity index (χ3v) is 5.00. The van der Waals surface area contributed by atoms with Crippen molar-refractivity contribution in [3.05, 3.63) is 109 Å². The molecule has 2 heteroatoms. The van der Waals surface area contributed by atoms with E-state index in [0.717, 1.165) is 33.6 Å².